The van der Waals surface area contributed by atoms with E-state index in [4.69, 9.17) is 9.84 Å². The fourth-order valence-electron chi connectivity index (χ4n) is 1.54. The van der Waals surface area contributed by atoms with Crippen LogP contribution in [0.2, 0.25) is 0 Å². The summed E-state index contributed by atoms with van der Waals surface area (Å²) in [6.45, 7) is 0.130. The lowest BCUT2D eigenvalue weighted by molar-refractivity contribution is -0.159. The van der Waals surface area contributed by atoms with Gasteiger partial charge in [-0.25, -0.2) is 0 Å². The van der Waals surface area contributed by atoms with Gasteiger partial charge in [0.05, 0.1) is 0 Å². The lowest BCUT2D eigenvalue weighted by Gasteiger charge is -2.10. The molecule has 100 valence electrons. The highest BCUT2D eigenvalue weighted by molar-refractivity contribution is 7.10. The minimum absolute atomic E-state index is 0.130. The van der Waals surface area contributed by atoms with Crippen molar-refractivity contribution in [3.05, 3.63) is 44.8 Å². The number of thiophene rings is 2. The number of hydrogen-bond donors (Lipinski definition) is 1. The van der Waals surface area contributed by atoms with Crippen LogP contribution >= 0.6 is 22.7 Å². The third-order valence-corrected chi connectivity index (χ3v) is 4.25. The smallest absolute Gasteiger partial charge is 0.321 e. The number of rotatable bonds is 6. The summed E-state index contributed by atoms with van der Waals surface area (Å²) in [5.41, 5.74) is 0. The lowest BCUT2D eigenvalue weighted by atomic mass is 10.1. The normalized spacial score (nSPS) is 12.0. The number of carbonyl (C=O) groups is 2. The maximum atomic E-state index is 11.8. The molecule has 0 amide bonds. The molecule has 0 spiro atoms. The zero-order valence-electron chi connectivity index (χ0n) is 9.94. The van der Waals surface area contributed by atoms with Crippen LogP contribution in [0.4, 0.5) is 0 Å². The van der Waals surface area contributed by atoms with E-state index >= 15 is 0 Å². The van der Waals surface area contributed by atoms with Crippen molar-refractivity contribution >= 4 is 34.6 Å². The zero-order valence-corrected chi connectivity index (χ0v) is 11.6. The molecule has 0 aliphatic heterocycles. The number of hydrogen-bond acceptors (Lipinski definition) is 5. The Bertz CT molecular complexity index is 531. The molecule has 0 bridgehead atoms. The van der Waals surface area contributed by atoms with Crippen LogP contribution in [0.5, 0.6) is 0 Å². The van der Waals surface area contributed by atoms with Gasteiger partial charge in [0.1, 0.15) is 6.61 Å². The highest BCUT2D eigenvalue weighted by Crippen LogP contribution is 2.17. The van der Waals surface area contributed by atoms with E-state index in [9.17, 15) is 9.59 Å². The minimum atomic E-state index is -1.15. The Morgan fingerprint density at radius 2 is 1.79 bits per heavy atom. The van der Waals surface area contributed by atoms with Crippen LogP contribution in [0.1, 0.15) is 9.75 Å². The molecule has 6 heteroatoms. The molecule has 19 heavy (non-hydrogen) atoms. The summed E-state index contributed by atoms with van der Waals surface area (Å²) < 4.78 is 5.05. The first-order valence-corrected chi connectivity index (χ1v) is 7.37. The van der Waals surface area contributed by atoms with Crippen molar-refractivity contribution in [3.8, 4) is 0 Å². The van der Waals surface area contributed by atoms with E-state index in [1.807, 2.05) is 35.0 Å². The van der Waals surface area contributed by atoms with E-state index in [2.05, 4.69) is 0 Å². The molecule has 1 N–H and O–H groups in total. The molecule has 0 aromatic carbocycles. The summed E-state index contributed by atoms with van der Waals surface area (Å²) in [5, 5.41) is 12.8. The first kappa shape index (κ1) is 13.8. The molecule has 0 radical (unpaired) electrons. The van der Waals surface area contributed by atoms with Crippen molar-refractivity contribution < 1.29 is 19.4 Å². The van der Waals surface area contributed by atoms with Crippen molar-refractivity contribution in [2.45, 2.75) is 13.0 Å². The zero-order chi connectivity index (χ0) is 13.7. The van der Waals surface area contributed by atoms with Gasteiger partial charge in [-0.2, -0.15) is 0 Å². The van der Waals surface area contributed by atoms with Gasteiger partial charge in [0.2, 0.25) is 0 Å². The van der Waals surface area contributed by atoms with Gasteiger partial charge in [-0.15, -0.1) is 22.7 Å². The van der Waals surface area contributed by atoms with E-state index in [1.165, 1.54) is 22.7 Å². The topological polar surface area (TPSA) is 63.6 Å². The van der Waals surface area contributed by atoms with Gasteiger partial charge < -0.3 is 9.84 Å². The molecule has 2 aromatic heterocycles. The van der Waals surface area contributed by atoms with Crippen LogP contribution in [0.25, 0.3) is 0 Å². The standard InChI is InChI=1S/C13H12O4S2/c14-12(15)11(7-9-3-1-5-18-9)13(16)17-8-10-4-2-6-19-10/h1-6,11H,7-8H2,(H,14,15). The SMILES string of the molecule is O=C(O)C(Cc1cccs1)C(=O)OCc1cccs1. The van der Waals surface area contributed by atoms with E-state index < -0.39 is 17.9 Å². The van der Waals surface area contributed by atoms with Gasteiger partial charge in [0.15, 0.2) is 5.92 Å². The Morgan fingerprint density at radius 1 is 1.16 bits per heavy atom. The fraction of sp³-hybridized carbons (Fsp3) is 0.231. The van der Waals surface area contributed by atoms with E-state index in [0.29, 0.717) is 0 Å². The number of carbonyl (C=O) groups excluding carboxylic acids is 1. The Balaban J connectivity index is 1.94. The van der Waals surface area contributed by atoms with Crippen LogP contribution in [0, 0.1) is 5.92 Å². The summed E-state index contributed by atoms with van der Waals surface area (Å²) in [6, 6.07) is 7.34. The third kappa shape index (κ3) is 3.90. The van der Waals surface area contributed by atoms with E-state index in [0.717, 1.165) is 9.75 Å². The molecule has 2 aromatic rings. The molecule has 1 atom stereocenters. The van der Waals surface area contributed by atoms with Gasteiger partial charge in [-0.3, -0.25) is 9.59 Å². The predicted octanol–water partition coefficient (Wildman–Crippen LogP) is 2.80. The molecule has 2 rings (SSSR count). The average Bonchev–Trinajstić information content (AvgIpc) is 3.05. The molecule has 4 nitrogen and oxygen atoms in total. The third-order valence-electron chi connectivity index (χ3n) is 2.50. The Hall–Kier alpha value is -1.66. The molecule has 0 aliphatic carbocycles. The van der Waals surface area contributed by atoms with Crippen molar-refractivity contribution in [2.75, 3.05) is 0 Å². The molecule has 1 unspecified atom stereocenters. The van der Waals surface area contributed by atoms with Gasteiger partial charge in [-0.1, -0.05) is 12.1 Å². The largest absolute Gasteiger partial charge is 0.481 e. The number of carboxylic acid groups (broad SMARTS) is 1. The van der Waals surface area contributed by atoms with Crippen LogP contribution in [0.15, 0.2) is 35.0 Å². The van der Waals surface area contributed by atoms with Crippen molar-refractivity contribution in [2.24, 2.45) is 5.92 Å². The van der Waals surface area contributed by atoms with Crippen LogP contribution in [-0.2, 0) is 27.4 Å². The number of ether oxygens (including phenoxy) is 1. The molecule has 0 aliphatic rings. The summed E-state index contributed by atoms with van der Waals surface area (Å²) in [5.74, 6) is -2.97. The number of carboxylic acids is 1. The lowest BCUT2D eigenvalue weighted by Crippen LogP contribution is -2.27. The molecular weight excluding hydrogens is 284 g/mol. The Morgan fingerprint density at radius 3 is 2.32 bits per heavy atom. The minimum Gasteiger partial charge on any atom is -0.481 e. The maximum Gasteiger partial charge on any atom is 0.321 e. The van der Waals surface area contributed by atoms with Crippen LogP contribution in [0.3, 0.4) is 0 Å². The first-order chi connectivity index (χ1) is 9.16. The maximum absolute atomic E-state index is 11.8. The fourth-order valence-corrected chi connectivity index (χ4v) is 2.91. The molecule has 0 saturated carbocycles. The molecule has 0 fully saturated rings. The monoisotopic (exact) mass is 296 g/mol. The molecule has 0 saturated heterocycles. The second-order valence-corrected chi connectivity index (χ2v) is 5.93. The second kappa shape index (κ2) is 6.49. The van der Waals surface area contributed by atoms with Crippen molar-refractivity contribution in [3.63, 3.8) is 0 Å². The van der Waals surface area contributed by atoms with Gasteiger partial charge in [0, 0.05) is 16.2 Å². The van der Waals surface area contributed by atoms with Crippen molar-refractivity contribution in [1.29, 1.82) is 0 Å². The Labute approximate surface area is 118 Å². The summed E-state index contributed by atoms with van der Waals surface area (Å²) in [7, 11) is 0. The highest BCUT2D eigenvalue weighted by atomic mass is 32.1. The van der Waals surface area contributed by atoms with Gasteiger partial charge >= 0.3 is 11.9 Å². The average molecular weight is 296 g/mol. The molecular formula is C13H12O4S2. The van der Waals surface area contributed by atoms with Gasteiger partial charge in [0.25, 0.3) is 0 Å². The predicted molar refractivity (Wildman–Crippen MR) is 73.3 cm³/mol. The summed E-state index contributed by atoms with van der Waals surface area (Å²) in [4.78, 5) is 24.7. The first-order valence-electron chi connectivity index (χ1n) is 5.61. The number of aliphatic carboxylic acids is 1. The van der Waals surface area contributed by atoms with E-state index in [1.54, 1.807) is 0 Å². The second-order valence-electron chi connectivity index (χ2n) is 3.86. The molecule has 2 heterocycles. The van der Waals surface area contributed by atoms with Crippen LogP contribution < -0.4 is 0 Å². The van der Waals surface area contributed by atoms with Crippen molar-refractivity contribution in [1.82, 2.24) is 0 Å². The number of esters is 1. The highest BCUT2D eigenvalue weighted by Gasteiger charge is 2.28. The van der Waals surface area contributed by atoms with Crippen LogP contribution in [-0.4, -0.2) is 17.0 Å². The summed E-state index contributed by atoms with van der Waals surface area (Å²) in [6.07, 6.45) is 0.177. The van der Waals surface area contributed by atoms with E-state index in [-0.39, 0.29) is 13.0 Å². The van der Waals surface area contributed by atoms with Gasteiger partial charge in [-0.05, 0) is 22.9 Å². The quantitative estimate of drug-likeness (QED) is 0.657. The summed E-state index contributed by atoms with van der Waals surface area (Å²) >= 11 is 2.90. The Kier molecular flexibility index (Phi) is 4.70.